The van der Waals surface area contributed by atoms with E-state index < -0.39 is 0 Å². The molecule has 0 spiro atoms. The zero-order valence-electron chi connectivity index (χ0n) is 11.3. The van der Waals surface area contributed by atoms with Gasteiger partial charge in [0.15, 0.2) is 0 Å². The van der Waals surface area contributed by atoms with Crippen LogP contribution in [0.15, 0.2) is 18.7 Å². The van der Waals surface area contributed by atoms with E-state index in [9.17, 15) is 0 Å². The van der Waals surface area contributed by atoms with Crippen molar-refractivity contribution in [2.24, 2.45) is 0 Å². The van der Waals surface area contributed by atoms with Gasteiger partial charge in [-0.05, 0) is 49.9 Å². The van der Waals surface area contributed by atoms with Gasteiger partial charge in [-0.25, -0.2) is 0 Å². The lowest BCUT2D eigenvalue weighted by Crippen LogP contribution is -2.05. The van der Waals surface area contributed by atoms with Crippen LogP contribution in [0, 0.1) is 25.2 Å². The van der Waals surface area contributed by atoms with Gasteiger partial charge in [-0.3, -0.25) is 0 Å². The van der Waals surface area contributed by atoms with Gasteiger partial charge in [-0.1, -0.05) is 6.08 Å². The smallest absolute Gasteiger partial charge is 0.101 e. The summed E-state index contributed by atoms with van der Waals surface area (Å²) in [7, 11) is 0. The highest BCUT2D eigenvalue weighted by atomic mass is 35.5. The summed E-state index contributed by atoms with van der Waals surface area (Å²) in [6.45, 7) is 10.8. The van der Waals surface area contributed by atoms with E-state index in [0.717, 1.165) is 29.8 Å². The molecule has 0 unspecified atom stereocenters. The summed E-state index contributed by atoms with van der Waals surface area (Å²) in [5.74, 6) is 0. The van der Waals surface area contributed by atoms with Crippen LogP contribution in [0.4, 0.5) is 5.69 Å². The molecule has 4 heteroatoms. The minimum atomic E-state index is 0. The second kappa shape index (κ2) is 8.57. The average Bonchev–Trinajstić information content (AvgIpc) is 2.29. The van der Waals surface area contributed by atoms with Gasteiger partial charge in [-0.2, -0.15) is 5.26 Å². The van der Waals surface area contributed by atoms with Crippen molar-refractivity contribution in [2.45, 2.75) is 27.2 Å². The van der Waals surface area contributed by atoms with Crippen molar-refractivity contribution in [2.75, 3.05) is 11.9 Å². The van der Waals surface area contributed by atoms with E-state index in [0.29, 0.717) is 0 Å². The molecule has 0 aromatic heterocycles. The largest absolute Gasteiger partial charge is 0.384 e. The van der Waals surface area contributed by atoms with Gasteiger partial charge in [0.2, 0.25) is 0 Å². The van der Waals surface area contributed by atoms with Crippen LogP contribution in [-0.2, 0) is 6.42 Å². The van der Waals surface area contributed by atoms with E-state index in [4.69, 9.17) is 5.26 Å². The van der Waals surface area contributed by atoms with E-state index in [1.165, 1.54) is 11.1 Å². The average molecular weight is 268 g/mol. The number of rotatable bonds is 4. The first-order chi connectivity index (χ1) is 7.65. The molecular formula is C14H22ClN3. The molecular weight excluding hydrogens is 246 g/mol. The van der Waals surface area contributed by atoms with Crippen LogP contribution in [0.2, 0.25) is 0 Å². The Kier molecular flexibility index (Phi) is 8.98. The highest BCUT2D eigenvalue weighted by Gasteiger charge is 2.10. The molecule has 0 heterocycles. The third kappa shape index (κ3) is 3.76. The van der Waals surface area contributed by atoms with Crippen LogP contribution < -0.4 is 11.5 Å². The summed E-state index contributed by atoms with van der Waals surface area (Å²) in [5, 5.41) is 12.4. The van der Waals surface area contributed by atoms with Crippen LogP contribution in [-0.4, -0.2) is 6.54 Å². The number of nitrogens with one attached hydrogen (secondary N) is 1. The van der Waals surface area contributed by atoms with Crippen LogP contribution in [0.3, 0.4) is 0 Å². The van der Waals surface area contributed by atoms with Gasteiger partial charge in [0.25, 0.3) is 0 Å². The molecule has 0 aliphatic heterocycles. The van der Waals surface area contributed by atoms with E-state index in [-0.39, 0.29) is 18.6 Å². The zero-order chi connectivity index (χ0) is 12.1. The van der Waals surface area contributed by atoms with Crippen LogP contribution in [0.1, 0.15) is 29.2 Å². The van der Waals surface area contributed by atoms with Gasteiger partial charge >= 0.3 is 0 Å². The summed E-state index contributed by atoms with van der Waals surface area (Å²) in [6, 6.07) is 4.21. The fourth-order valence-corrected chi connectivity index (χ4v) is 1.85. The Labute approximate surface area is 116 Å². The number of halogens is 1. The third-order valence-corrected chi connectivity index (χ3v) is 2.85. The number of hydrogen-bond acceptors (Lipinski definition) is 3. The molecule has 0 aliphatic carbocycles. The fraction of sp³-hybridized carbons (Fsp3) is 0.357. The van der Waals surface area contributed by atoms with Crippen LogP contribution in [0.25, 0.3) is 0 Å². The van der Waals surface area contributed by atoms with Gasteiger partial charge in [-0.15, -0.1) is 19.0 Å². The maximum absolute atomic E-state index is 9.14. The van der Waals surface area contributed by atoms with Crippen molar-refractivity contribution < 1.29 is 0 Å². The lowest BCUT2D eigenvalue weighted by Gasteiger charge is -2.15. The van der Waals surface area contributed by atoms with Gasteiger partial charge < -0.3 is 11.5 Å². The molecule has 0 amide bonds. The van der Waals surface area contributed by atoms with Crippen molar-refractivity contribution in [1.29, 1.82) is 5.26 Å². The van der Waals surface area contributed by atoms with E-state index in [1.807, 2.05) is 19.1 Å². The first-order valence-corrected chi connectivity index (χ1v) is 5.53. The quantitative estimate of drug-likeness (QED) is 0.812. The number of anilines is 1. The number of benzene rings is 1. The Hall–Kier alpha value is -1.50. The molecule has 1 aromatic rings. The number of nitrogens with zero attached hydrogens (tertiary/aromatic N) is 1. The molecule has 0 aliphatic rings. The normalized spacial score (nSPS) is 8.56. The lowest BCUT2D eigenvalue weighted by molar-refractivity contribution is 1.14. The summed E-state index contributed by atoms with van der Waals surface area (Å²) in [4.78, 5) is 0. The molecule has 0 atom stereocenters. The maximum Gasteiger partial charge on any atom is 0.101 e. The monoisotopic (exact) mass is 267 g/mol. The predicted molar refractivity (Wildman–Crippen MR) is 81.0 cm³/mol. The maximum atomic E-state index is 9.14. The Bertz CT molecular complexity index is 447. The first kappa shape index (κ1) is 18.9. The second-order valence-corrected chi connectivity index (χ2v) is 3.84. The summed E-state index contributed by atoms with van der Waals surface area (Å²) in [6.07, 6.45) is 2.68. The van der Waals surface area contributed by atoms with Gasteiger partial charge in [0, 0.05) is 6.54 Å². The Morgan fingerprint density at radius 3 is 2.44 bits per heavy atom. The minimum Gasteiger partial charge on any atom is -0.384 e. The molecule has 0 saturated heterocycles. The number of nitriles is 1. The molecule has 0 radical (unpaired) electrons. The molecule has 1 aromatic carbocycles. The topological polar surface area (TPSA) is 70.8 Å². The standard InChI is InChI=1S/C14H18N2.ClH.H3N/c1-5-7-12-8-13(9-15)14(16-6-2)11(4)10(12)3;;/h5,8,16H,1,6-7H2,2-4H3;1H;1H3. The minimum absolute atomic E-state index is 0. The molecule has 0 fully saturated rings. The summed E-state index contributed by atoms with van der Waals surface area (Å²) >= 11 is 0. The zero-order valence-corrected chi connectivity index (χ0v) is 12.2. The number of allylic oxidation sites excluding steroid dienone is 1. The lowest BCUT2D eigenvalue weighted by atomic mass is 9.95. The molecule has 0 saturated carbocycles. The summed E-state index contributed by atoms with van der Waals surface area (Å²) < 4.78 is 0. The van der Waals surface area contributed by atoms with E-state index >= 15 is 0 Å². The first-order valence-electron chi connectivity index (χ1n) is 5.53. The fourth-order valence-electron chi connectivity index (χ4n) is 1.85. The van der Waals surface area contributed by atoms with Crippen molar-refractivity contribution >= 4 is 18.1 Å². The van der Waals surface area contributed by atoms with Crippen molar-refractivity contribution in [3.8, 4) is 6.07 Å². The Morgan fingerprint density at radius 2 is 2.00 bits per heavy atom. The molecule has 100 valence electrons. The van der Waals surface area contributed by atoms with Gasteiger partial charge in [0.05, 0.1) is 11.3 Å². The Balaban J connectivity index is 0. The van der Waals surface area contributed by atoms with Crippen molar-refractivity contribution in [3.05, 3.63) is 41.0 Å². The van der Waals surface area contributed by atoms with Crippen molar-refractivity contribution in [3.63, 3.8) is 0 Å². The highest BCUT2D eigenvalue weighted by molar-refractivity contribution is 5.85. The molecule has 0 bridgehead atoms. The molecule has 3 nitrogen and oxygen atoms in total. The van der Waals surface area contributed by atoms with Crippen molar-refractivity contribution in [1.82, 2.24) is 6.15 Å². The molecule has 1 rings (SSSR count). The number of hydrogen-bond donors (Lipinski definition) is 2. The molecule has 4 N–H and O–H groups in total. The van der Waals surface area contributed by atoms with E-state index in [2.05, 4.69) is 31.8 Å². The van der Waals surface area contributed by atoms with Crippen LogP contribution in [0.5, 0.6) is 0 Å². The predicted octanol–water partition coefficient (Wildman–Crippen LogP) is 3.92. The SMILES string of the molecule is C=CCc1cc(C#N)c(NCC)c(C)c1C.Cl.N. The highest BCUT2D eigenvalue weighted by Crippen LogP contribution is 2.27. The van der Waals surface area contributed by atoms with E-state index in [1.54, 1.807) is 0 Å². The van der Waals surface area contributed by atoms with Gasteiger partial charge in [0.1, 0.15) is 6.07 Å². The Morgan fingerprint density at radius 1 is 1.39 bits per heavy atom. The summed E-state index contributed by atoms with van der Waals surface area (Å²) in [5.41, 5.74) is 5.29. The van der Waals surface area contributed by atoms with Crippen LogP contribution >= 0.6 is 12.4 Å². The third-order valence-electron chi connectivity index (χ3n) is 2.85. The second-order valence-electron chi connectivity index (χ2n) is 3.84. The molecule has 18 heavy (non-hydrogen) atoms.